The Morgan fingerprint density at radius 2 is 1.88 bits per heavy atom. The third-order valence-corrected chi connectivity index (χ3v) is 4.48. The van der Waals surface area contributed by atoms with Gasteiger partial charge in [0.05, 0.1) is 17.6 Å². The van der Waals surface area contributed by atoms with Gasteiger partial charge in [-0.25, -0.2) is 0 Å². The van der Waals surface area contributed by atoms with Crippen LogP contribution in [0.3, 0.4) is 0 Å². The molecule has 0 aromatic rings. The van der Waals surface area contributed by atoms with Gasteiger partial charge in [0, 0.05) is 6.54 Å². The fourth-order valence-electron chi connectivity index (χ4n) is 3.18. The first-order chi connectivity index (χ1) is 8.18. The Morgan fingerprint density at radius 3 is 2.47 bits per heavy atom. The smallest absolute Gasteiger partial charge is 0.227 e. The maximum atomic E-state index is 12.3. The van der Waals surface area contributed by atoms with Crippen LogP contribution < -0.4 is 11.1 Å². The van der Waals surface area contributed by atoms with E-state index in [1.54, 1.807) is 0 Å². The Kier molecular flexibility index (Phi) is 4.05. The molecule has 0 saturated heterocycles. The van der Waals surface area contributed by atoms with Crippen molar-refractivity contribution < 1.29 is 9.90 Å². The molecule has 2 aliphatic carbocycles. The molecule has 0 bridgehead atoms. The van der Waals surface area contributed by atoms with E-state index in [-0.39, 0.29) is 23.5 Å². The summed E-state index contributed by atoms with van der Waals surface area (Å²) in [4.78, 5) is 12.3. The molecule has 1 amide bonds. The van der Waals surface area contributed by atoms with Crippen LogP contribution >= 0.6 is 0 Å². The van der Waals surface area contributed by atoms with E-state index < -0.39 is 0 Å². The van der Waals surface area contributed by atoms with Gasteiger partial charge in [0.25, 0.3) is 0 Å². The first-order valence-electron chi connectivity index (χ1n) is 6.87. The van der Waals surface area contributed by atoms with Crippen LogP contribution in [0.5, 0.6) is 0 Å². The molecule has 0 aromatic carbocycles. The summed E-state index contributed by atoms with van der Waals surface area (Å²) in [5.41, 5.74) is 5.44. The molecule has 0 spiro atoms. The molecule has 4 nitrogen and oxygen atoms in total. The van der Waals surface area contributed by atoms with Crippen molar-refractivity contribution in [3.63, 3.8) is 0 Å². The van der Waals surface area contributed by atoms with Crippen LogP contribution in [0, 0.1) is 5.41 Å². The van der Waals surface area contributed by atoms with Gasteiger partial charge >= 0.3 is 0 Å². The standard InChI is InChI=1S/C13H24N2O2/c14-9-13(7-3-4-8-13)12(17)15-10-5-1-2-6-11(10)16/h10-11,16H,1-9,14H2,(H,15,17). The Morgan fingerprint density at radius 1 is 1.24 bits per heavy atom. The Hall–Kier alpha value is -0.610. The molecular weight excluding hydrogens is 216 g/mol. The van der Waals surface area contributed by atoms with E-state index in [2.05, 4.69) is 5.32 Å². The average Bonchev–Trinajstić information content (AvgIpc) is 2.82. The predicted octanol–water partition coefficient (Wildman–Crippen LogP) is 0.925. The van der Waals surface area contributed by atoms with Gasteiger partial charge in [-0.1, -0.05) is 25.7 Å². The molecule has 2 aliphatic rings. The summed E-state index contributed by atoms with van der Waals surface area (Å²) in [7, 11) is 0. The normalized spacial score (nSPS) is 32.4. The molecule has 2 atom stereocenters. The Balaban J connectivity index is 1.95. The molecular formula is C13H24N2O2. The van der Waals surface area contributed by atoms with Crippen LogP contribution in [0.4, 0.5) is 0 Å². The summed E-state index contributed by atoms with van der Waals surface area (Å²) >= 11 is 0. The van der Waals surface area contributed by atoms with Crippen LogP contribution in [-0.2, 0) is 4.79 Å². The third-order valence-electron chi connectivity index (χ3n) is 4.48. The highest BCUT2D eigenvalue weighted by molar-refractivity contribution is 5.83. The molecule has 4 N–H and O–H groups in total. The quantitative estimate of drug-likeness (QED) is 0.687. The lowest BCUT2D eigenvalue weighted by Gasteiger charge is -2.33. The topological polar surface area (TPSA) is 75.4 Å². The largest absolute Gasteiger partial charge is 0.391 e. The fraction of sp³-hybridized carbons (Fsp3) is 0.923. The van der Waals surface area contributed by atoms with Gasteiger partial charge in [-0.2, -0.15) is 0 Å². The number of aliphatic hydroxyl groups is 1. The zero-order valence-corrected chi connectivity index (χ0v) is 10.5. The molecule has 2 unspecified atom stereocenters. The van der Waals surface area contributed by atoms with Gasteiger partial charge in [-0.3, -0.25) is 4.79 Å². The summed E-state index contributed by atoms with van der Waals surface area (Å²) in [5.74, 6) is 0.0726. The third kappa shape index (κ3) is 2.63. The monoisotopic (exact) mass is 240 g/mol. The first kappa shape index (κ1) is 12.8. The van der Waals surface area contributed by atoms with Crippen molar-refractivity contribution in [1.29, 1.82) is 0 Å². The van der Waals surface area contributed by atoms with E-state index in [1.807, 2.05) is 0 Å². The summed E-state index contributed by atoms with van der Waals surface area (Å²) < 4.78 is 0. The number of aliphatic hydroxyl groups excluding tert-OH is 1. The molecule has 0 heterocycles. The molecule has 0 radical (unpaired) electrons. The second-order valence-corrected chi connectivity index (χ2v) is 5.62. The highest BCUT2D eigenvalue weighted by Crippen LogP contribution is 2.37. The molecule has 2 saturated carbocycles. The van der Waals surface area contributed by atoms with Crippen molar-refractivity contribution in [2.24, 2.45) is 11.1 Å². The number of rotatable bonds is 3. The van der Waals surface area contributed by atoms with Crippen molar-refractivity contribution in [2.45, 2.75) is 63.5 Å². The molecule has 0 aromatic heterocycles. The van der Waals surface area contributed by atoms with E-state index in [4.69, 9.17) is 5.73 Å². The highest BCUT2D eigenvalue weighted by Gasteiger charge is 2.41. The van der Waals surface area contributed by atoms with E-state index in [0.717, 1.165) is 51.4 Å². The fourth-order valence-corrected chi connectivity index (χ4v) is 3.18. The average molecular weight is 240 g/mol. The number of hydrogen-bond donors (Lipinski definition) is 3. The first-order valence-corrected chi connectivity index (χ1v) is 6.87. The SMILES string of the molecule is NCC1(C(=O)NC2CCCCC2O)CCCC1. The van der Waals surface area contributed by atoms with E-state index >= 15 is 0 Å². The second-order valence-electron chi connectivity index (χ2n) is 5.62. The summed E-state index contributed by atoms with van der Waals surface area (Å²) in [5, 5.41) is 12.9. The highest BCUT2D eigenvalue weighted by atomic mass is 16.3. The maximum absolute atomic E-state index is 12.3. The summed E-state index contributed by atoms with van der Waals surface area (Å²) in [6.45, 7) is 0.432. The lowest BCUT2D eigenvalue weighted by atomic mass is 9.84. The number of hydrogen-bond acceptors (Lipinski definition) is 3. The molecule has 2 rings (SSSR count). The molecule has 17 heavy (non-hydrogen) atoms. The minimum Gasteiger partial charge on any atom is -0.391 e. The summed E-state index contributed by atoms with van der Waals surface area (Å²) in [6.07, 6.45) is 7.48. The minimum atomic E-state index is -0.371. The zero-order chi connectivity index (χ0) is 12.3. The van der Waals surface area contributed by atoms with Gasteiger partial charge in [-0.05, 0) is 25.7 Å². The van der Waals surface area contributed by atoms with Crippen molar-refractivity contribution in [1.82, 2.24) is 5.32 Å². The maximum Gasteiger partial charge on any atom is 0.227 e. The predicted molar refractivity (Wildman–Crippen MR) is 66.4 cm³/mol. The molecule has 4 heteroatoms. The number of nitrogens with two attached hydrogens (primary N) is 1. The van der Waals surface area contributed by atoms with E-state index in [0.29, 0.717) is 6.54 Å². The van der Waals surface area contributed by atoms with Crippen LogP contribution in [0.2, 0.25) is 0 Å². The molecule has 98 valence electrons. The van der Waals surface area contributed by atoms with Crippen molar-refractivity contribution in [2.75, 3.05) is 6.54 Å². The van der Waals surface area contributed by atoms with Gasteiger partial charge in [0.15, 0.2) is 0 Å². The Labute approximate surface area is 103 Å². The van der Waals surface area contributed by atoms with Crippen molar-refractivity contribution in [3.8, 4) is 0 Å². The van der Waals surface area contributed by atoms with E-state index in [1.165, 1.54) is 0 Å². The number of carbonyl (C=O) groups is 1. The molecule has 0 aliphatic heterocycles. The summed E-state index contributed by atoms with van der Waals surface area (Å²) in [6, 6.07) is -0.0553. The number of nitrogens with one attached hydrogen (secondary N) is 1. The van der Waals surface area contributed by atoms with Crippen LogP contribution in [0.1, 0.15) is 51.4 Å². The van der Waals surface area contributed by atoms with Crippen LogP contribution in [-0.4, -0.2) is 29.7 Å². The number of carbonyl (C=O) groups excluding carboxylic acids is 1. The zero-order valence-electron chi connectivity index (χ0n) is 10.5. The Bertz CT molecular complexity index is 275. The van der Waals surface area contributed by atoms with Crippen molar-refractivity contribution >= 4 is 5.91 Å². The van der Waals surface area contributed by atoms with Crippen molar-refractivity contribution in [3.05, 3.63) is 0 Å². The minimum absolute atomic E-state index is 0.0553. The number of amides is 1. The van der Waals surface area contributed by atoms with Gasteiger partial charge in [0.1, 0.15) is 0 Å². The van der Waals surface area contributed by atoms with Gasteiger partial charge in [0.2, 0.25) is 5.91 Å². The van der Waals surface area contributed by atoms with Crippen LogP contribution in [0.25, 0.3) is 0 Å². The lowest BCUT2D eigenvalue weighted by Crippen LogP contribution is -2.52. The lowest BCUT2D eigenvalue weighted by molar-refractivity contribution is -0.132. The second kappa shape index (κ2) is 5.36. The van der Waals surface area contributed by atoms with Gasteiger partial charge < -0.3 is 16.2 Å². The van der Waals surface area contributed by atoms with Crippen LogP contribution in [0.15, 0.2) is 0 Å². The van der Waals surface area contributed by atoms with E-state index in [9.17, 15) is 9.90 Å². The van der Waals surface area contributed by atoms with Gasteiger partial charge in [-0.15, -0.1) is 0 Å². The molecule has 2 fully saturated rings.